The number of hydrogen-bond donors (Lipinski definition) is 2. The molecule has 4 aliphatic carbocycles. The summed E-state index contributed by atoms with van der Waals surface area (Å²) < 4.78 is 5.54. The quantitative estimate of drug-likeness (QED) is 0.284. The summed E-state index contributed by atoms with van der Waals surface area (Å²) in [6, 6.07) is 0.171. The number of aliphatic hydroxyl groups is 1. The lowest BCUT2D eigenvalue weighted by molar-refractivity contribution is -0.136. The van der Waals surface area contributed by atoms with Gasteiger partial charge in [0.15, 0.2) is 5.16 Å². The highest BCUT2D eigenvalue weighted by Gasteiger charge is 2.55. The van der Waals surface area contributed by atoms with Crippen molar-refractivity contribution in [1.82, 2.24) is 20.2 Å². The topological polar surface area (TPSA) is 87.6 Å². The molecule has 34 heavy (non-hydrogen) atoms. The molecule has 5 aliphatic rings. The molecule has 2 N–H and O–H groups in total. The third kappa shape index (κ3) is 5.75. The van der Waals surface area contributed by atoms with E-state index in [4.69, 9.17) is 4.74 Å². The molecular weight excluding hydrogens is 468 g/mol. The van der Waals surface area contributed by atoms with Gasteiger partial charge in [-0.2, -0.15) is 11.8 Å². The van der Waals surface area contributed by atoms with Crippen molar-refractivity contribution in [3.8, 4) is 0 Å². The number of thioether (sulfide) groups is 2. The predicted molar refractivity (Wildman–Crippen MR) is 136 cm³/mol. The van der Waals surface area contributed by atoms with Crippen LogP contribution in [0.4, 0.5) is 0 Å². The predicted octanol–water partition coefficient (Wildman–Crippen LogP) is 3.43. The fraction of sp³-hybridized carbons (Fsp3) is 0.800. The van der Waals surface area contributed by atoms with Gasteiger partial charge in [-0.15, -0.1) is 0 Å². The highest BCUT2D eigenvalue weighted by atomic mass is 32.2. The number of carbonyl (C=O) groups excluding carboxylic acids is 1. The molecular formula is C25H38N4O3S2. The highest BCUT2D eigenvalue weighted by Crippen LogP contribution is 2.55. The van der Waals surface area contributed by atoms with E-state index in [9.17, 15) is 9.90 Å². The molecule has 0 radical (unpaired) electrons. The molecule has 7 nitrogen and oxygen atoms in total. The molecule has 1 aromatic rings. The van der Waals surface area contributed by atoms with Crippen molar-refractivity contribution < 1.29 is 14.6 Å². The van der Waals surface area contributed by atoms with Gasteiger partial charge in [0.05, 0.1) is 29.8 Å². The summed E-state index contributed by atoms with van der Waals surface area (Å²) in [4.78, 5) is 24.6. The molecule has 1 aromatic heterocycles. The molecule has 188 valence electrons. The summed E-state index contributed by atoms with van der Waals surface area (Å²) in [5, 5.41) is 15.1. The molecule has 3 unspecified atom stereocenters. The normalized spacial score (nSPS) is 33.7. The van der Waals surface area contributed by atoms with Crippen LogP contribution in [0, 0.1) is 17.8 Å². The average molecular weight is 507 g/mol. The van der Waals surface area contributed by atoms with Crippen LogP contribution in [-0.4, -0.2) is 80.7 Å². The maximum Gasteiger partial charge on any atom is 0.254 e. The molecule has 3 atom stereocenters. The summed E-state index contributed by atoms with van der Waals surface area (Å²) in [5.41, 5.74) is 0.0458. The van der Waals surface area contributed by atoms with Crippen LogP contribution in [0.3, 0.4) is 0 Å². The van der Waals surface area contributed by atoms with Gasteiger partial charge in [-0.1, -0.05) is 18.7 Å². The second-order valence-electron chi connectivity index (χ2n) is 10.6. The maximum atomic E-state index is 13.0. The second kappa shape index (κ2) is 11.0. The van der Waals surface area contributed by atoms with Gasteiger partial charge in [-0.05, 0) is 74.2 Å². The van der Waals surface area contributed by atoms with Gasteiger partial charge in [-0.3, -0.25) is 9.69 Å². The molecule has 5 fully saturated rings. The van der Waals surface area contributed by atoms with Crippen molar-refractivity contribution in [1.29, 1.82) is 0 Å². The Balaban J connectivity index is 1.18. The fourth-order valence-corrected chi connectivity index (χ4v) is 8.78. The Kier molecular flexibility index (Phi) is 8.05. The van der Waals surface area contributed by atoms with Crippen LogP contribution >= 0.6 is 23.5 Å². The molecule has 2 heterocycles. The zero-order valence-electron chi connectivity index (χ0n) is 20.2. The van der Waals surface area contributed by atoms with Gasteiger partial charge in [0.25, 0.3) is 5.91 Å². The monoisotopic (exact) mass is 506 g/mol. The van der Waals surface area contributed by atoms with E-state index < -0.39 is 5.60 Å². The smallest absolute Gasteiger partial charge is 0.254 e. The van der Waals surface area contributed by atoms with Gasteiger partial charge in [0.2, 0.25) is 0 Å². The van der Waals surface area contributed by atoms with E-state index in [1.54, 1.807) is 24.2 Å². The lowest BCUT2D eigenvalue weighted by atomic mass is 9.52. The first-order valence-corrected chi connectivity index (χ1v) is 15.0. The van der Waals surface area contributed by atoms with Crippen LogP contribution in [0.15, 0.2) is 17.6 Å². The largest absolute Gasteiger partial charge is 0.390 e. The van der Waals surface area contributed by atoms with E-state index in [0.29, 0.717) is 28.7 Å². The van der Waals surface area contributed by atoms with Crippen LogP contribution in [-0.2, 0) is 4.74 Å². The third-order valence-electron chi connectivity index (χ3n) is 7.98. The Labute approximate surface area is 211 Å². The number of morpholine rings is 1. The third-order valence-corrected chi connectivity index (χ3v) is 10.4. The first kappa shape index (κ1) is 24.8. The minimum Gasteiger partial charge on any atom is -0.390 e. The van der Waals surface area contributed by atoms with Crippen molar-refractivity contribution in [2.24, 2.45) is 17.8 Å². The number of ether oxygens (including phenoxy) is 1. The molecule has 1 amide bonds. The van der Waals surface area contributed by atoms with Crippen molar-refractivity contribution >= 4 is 29.4 Å². The number of nitrogens with one attached hydrogen (secondary N) is 1. The SMILES string of the molecule is CCCSCCC(Sc1ncc(C(=O)NC2C3CC4CC2CC(O)(C4)C3)cn1)N1CCOCC1. The van der Waals surface area contributed by atoms with Crippen molar-refractivity contribution in [3.05, 3.63) is 18.0 Å². The van der Waals surface area contributed by atoms with Crippen LogP contribution < -0.4 is 5.32 Å². The van der Waals surface area contributed by atoms with Gasteiger partial charge in [0.1, 0.15) is 0 Å². The molecule has 6 rings (SSSR count). The van der Waals surface area contributed by atoms with Crippen LogP contribution in [0.1, 0.15) is 62.2 Å². The number of nitrogens with zero attached hydrogens (tertiary/aromatic N) is 3. The lowest BCUT2D eigenvalue weighted by Crippen LogP contribution is -2.61. The van der Waals surface area contributed by atoms with E-state index >= 15 is 0 Å². The first-order valence-electron chi connectivity index (χ1n) is 12.9. The highest BCUT2D eigenvalue weighted by molar-refractivity contribution is 8.00. The maximum absolute atomic E-state index is 13.0. The van der Waals surface area contributed by atoms with Crippen LogP contribution in [0.5, 0.6) is 0 Å². The van der Waals surface area contributed by atoms with Crippen LogP contribution in [0.2, 0.25) is 0 Å². The summed E-state index contributed by atoms with van der Waals surface area (Å²) in [7, 11) is 0. The van der Waals surface area contributed by atoms with E-state index in [0.717, 1.165) is 75.7 Å². The molecule has 9 heteroatoms. The summed E-state index contributed by atoms with van der Waals surface area (Å²) >= 11 is 3.71. The Morgan fingerprint density at radius 2 is 1.91 bits per heavy atom. The summed E-state index contributed by atoms with van der Waals surface area (Å²) in [6.07, 6.45) is 10.5. The second-order valence-corrected chi connectivity index (χ2v) is 12.9. The van der Waals surface area contributed by atoms with Gasteiger partial charge in [0, 0.05) is 31.5 Å². The number of aromatic nitrogens is 2. The summed E-state index contributed by atoms with van der Waals surface area (Å²) in [5.74, 6) is 3.68. The van der Waals surface area contributed by atoms with Crippen LogP contribution in [0.25, 0.3) is 0 Å². The van der Waals surface area contributed by atoms with E-state index in [1.807, 2.05) is 11.8 Å². The number of hydrogen-bond acceptors (Lipinski definition) is 8. The zero-order valence-corrected chi connectivity index (χ0v) is 21.8. The van der Waals surface area contributed by atoms with Crippen molar-refractivity contribution in [2.45, 2.75) is 74.0 Å². The Morgan fingerprint density at radius 1 is 1.21 bits per heavy atom. The lowest BCUT2D eigenvalue weighted by Gasteiger charge is -2.58. The average Bonchev–Trinajstić information content (AvgIpc) is 2.83. The number of carbonyl (C=O) groups is 1. The van der Waals surface area contributed by atoms with E-state index in [-0.39, 0.29) is 11.9 Å². The molecule has 0 aromatic carbocycles. The van der Waals surface area contributed by atoms with E-state index in [1.165, 1.54) is 12.2 Å². The molecule has 1 aliphatic heterocycles. The van der Waals surface area contributed by atoms with Crippen molar-refractivity contribution in [3.63, 3.8) is 0 Å². The molecule has 4 saturated carbocycles. The van der Waals surface area contributed by atoms with Crippen molar-refractivity contribution in [2.75, 3.05) is 37.8 Å². The minimum absolute atomic E-state index is 0.0818. The van der Waals surface area contributed by atoms with Gasteiger partial charge in [-0.25, -0.2) is 9.97 Å². The molecule has 1 saturated heterocycles. The Bertz CT molecular complexity index is 820. The van der Waals surface area contributed by atoms with Gasteiger partial charge >= 0.3 is 0 Å². The van der Waals surface area contributed by atoms with Gasteiger partial charge < -0.3 is 15.2 Å². The standard InChI is InChI=1S/C25H38N4O3S2/c1-2-8-33-9-3-21(29-4-6-32-7-5-29)34-24-26-15-20(16-27-24)23(30)28-22-18-10-17-11-19(22)14-25(31,12-17)13-18/h15-19,21-22,31H,2-14H2,1H3,(H,28,30). The fourth-order valence-electron chi connectivity index (χ4n) is 6.68. The number of rotatable bonds is 10. The first-order chi connectivity index (χ1) is 16.5. The molecule has 4 bridgehead atoms. The minimum atomic E-state index is -0.480. The number of amides is 1. The summed E-state index contributed by atoms with van der Waals surface area (Å²) in [6.45, 7) is 5.66. The Morgan fingerprint density at radius 3 is 2.56 bits per heavy atom. The Hall–Kier alpha value is -0.870. The molecule has 0 spiro atoms. The zero-order chi connectivity index (χ0) is 23.5. The van der Waals surface area contributed by atoms with E-state index in [2.05, 4.69) is 27.1 Å².